The average Bonchev–Trinajstić information content (AvgIpc) is 3.19. The molecule has 4 unspecified atom stereocenters. The molecule has 0 aromatic rings. The van der Waals surface area contributed by atoms with Crippen molar-refractivity contribution in [3.05, 3.63) is 0 Å². The fourth-order valence-electron chi connectivity index (χ4n) is 3.20. The predicted molar refractivity (Wildman–Crippen MR) is 74.9 cm³/mol. The van der Waals surface area contributed by atoms with Gasteiger partial charge in [-0.1, -0.05) is 33.1 Å². The van der Waals surface area contributed by atoms with Crippen LogP contribution in [0.4, 0.5) is 0 Å². The molecule has 3 nitrogen and oxygen atoms in total. The van der Waals surface area contributed by atoms with Crippen molar-refractivity contribution >= 4 is 5.97 Å². The number of epoxide rings is 1. The molecule has 1 heterocycles. The van der Waals surface area contributed by atoms with E-state index >= 15 is 0 Å². The maximum Gasteiger partial charge on any atom is 0.305 e. The number of rotatable bonds is 8. The molecule has 0 N–H and O–H groups in total. The van der Waals surface area contributed by atoms with Crippen LogP contribution in [-0.2, 0) is 14.3 Å². The van der Waals surface area contributed by atoms with Crippen LogP contribution in [-0.4, -0.2) is 24.8 Å². The molecular formula is C16H28O3. The van der Waals surface area contributed by atoms with Gasteiger partial charge in [-0.3, -0.25) is 4.79 Å². The van der Waals surface area contributed by atoms with Crippen LogP contribution in [0.25, 0.3) is 0 Å². The number of esters is 1. The molecule has 1 aliphatic heterocycles. The standard InChI is InChI=1S/C16H28O3/c1-3-5-12(4-2)7-9-16(17)18-11-13-6-8-14-15(10-13)19-14/h12-15H,3-11H2,1-2H3. The number of carbonyl (C=O) groups excluding carboxylic acids is 1. The Morgan fingerprint density at radius 2 is 2.11 bits per heavy atom. The van der Waals surface area contributed by atoms with E-state index in [1.165, 1.54) is 19.3 Å². The van der Waals surface area contributed by atoms with E-state index in [4.69, 9.17) is 9.47 Å². The zero-order valence-corrected chi connectivity index (χ0v) is 12.4. The molecule has 2 rings (SSSR count). The lowest BCUT2D eigenvalue weighted by Crippen LogP contribution is -2.20. The van der Waals surface area contributed by atoms with Gasteiger partial charge in [-0.05, 0) is 37.5 Å². The van der Waals surface area contributed by atoms with Crippen LogP contribution in [0.1, 0.15) is 65.2 Å². The molecule has 2 fully saturated rings. The SMILES string of the molecule is CCCC(CC)CCC(=O)OCC1CCC2OC2C1. The molecule has 1 aliphatic carbocycles. The lowest BCUT2D eigenvalue weighted by atomic mass is 9.90. The summed E-state index contributed by atoms with van der Waals surface area (Å²) in [6, 6.07) is 0. The number of hydrogen-bond donors (Lipinski definition) is 0. The van der Waals surface area contributed by atoms with Crippen molar-refractivity contribution in [2.24, 2.45) is 11.8 Å². The summed E-state index contributed by atoms with van der Waals surface area (Å²) >= 11 is 0. The second kappa shape index (κ2) is 7.28. The fraction of sp³-hybridized carbons (Fsp3) is 0.938. The minimum Gasteiger partial charge on any atom is -0.465 e. The quantitative estimate of drug-likeness (QED) is 0.497. The van der Waals surface area contributed by atoms with Crippen molar-refractivity contribution in [3.63, 3.8) is 0 Å². The summed E-state index contributed by atoms with van der Waals surface area (Å²) in [5.41, 5.74) is 0. The van der Waals surface area contributed by atoms with Gasteiger partial charge in [0.05, 0.1) is 18.8 Å². The van der Waals surface area contributed by atoms with E-state index in [-0.39, 0.29) is 5.97 Å². The number of fused-ring (bicyclic) bond motifs is 1. The van der Waals surface area contributed by atoms with E-state index in [1.807, 2.05) is 0 Å². The number of carbonyl (C=O) groups is 1. The zero-order valence-electron chi connectivity index (χ0n) is 12.4. The number of ether oxygens (including phenoxy) is 2. The average molecular weight is 268 g/mol. The van der Waals surface area contributed by atoms with Crippen LogP contribution in [0.15, 0.2) is 0 Å². The fourth-order valence-corrected chi connectivity index (χ4v) is 3.20. The summed E-state index contributed by atoms with van der Waals surface area (Å²) in [7, 11) is 0. The summed E-state index contributed by atoms with van der Waals surface area (Å²) in [5, 5.41) is 0. The maximum atomic E-state index is 11.7. The molecule has 4 atom stereocenters. The molecule has 0 amide bonds. The first-order valence-electron chi connectivity index (χ1n) is 8.04. The van der Waals surface area contributed by atoms with Crippen LogP contribution in [0.5, 0.6) is 0 Å². The first kappa shape index (κ1) is 14.8. The lowest BCUT2D eigenvalue weighted by Gasteiger charge is -2.19. The molecule has 0 spiro atoms. The molecular weight excluding hydrogens is 240 g/mol. The lowest BCUT2D eigenvalue weighted by molar-refractivity contribution is -0.145. The van der Waals surface area contributed by atoms with E-state index < -0.39 is 0 Å². The van der Waals surface area contributed by atoms with Crippen LogP contribution < -0.4 is 0 Å². The van der Waals surface area contributed by atoms with Crippen LogP contribution in [0.3, 0.4) is 0 Å². The topological polar surface area (TPSA) is 38.8 Å². The first-order chi connectivity index (χ1) is 9.22. The highest BCUT2D eigenvalue weighted by molar-refractivity contribution is 5.69. The molecule has 0 aromatic carbocycles. The van der Waals surface area contributed by atoms with Gasteiger partial charge < -0.3 is 9.47 Å². The van der Waals surface area contributed by atoms with Gasteiger partial charge in [-0.2, -0.15) is 0 Å². The van der Waals surface area contributed by atoms with E-state index in [1.54, 1.807) is 0 Å². The third-order valence-corrected chi connectivity index (χ3v) is 4.62. The highest BCUT2D eigenvalue weighted by Crippen LogP contribution is 2.39. The molecule has 1 saturated carbocycles. The van der Waals surface area contributed by atoms with Crippen molar-refractivity contribution in [2.45, 2.75) is 77.4 Å². The van der Waals surface area contributed by atoms with E-state index in [0.29, 0.717) is 37.1 Å². The Hall–Kier alpha value is -0.570. The molecule has 110 valence electrons. The number of hydrogen-bond acceptors (Lipinski definition) is 3. The Morgan fingerprint density at radius 1 is 1.26 bits per heavy atom. The Balaban J connectivity index is 1.56. The van der Waals surface area contributed by atoms with Gasteiger partial charge in [-0.25, -0.2) is 0 Å². The zero-order chi connectivity index (χ0) is 13.7. The van der Waals surface area contributed by atoms with Crippen LogP contribution in [0, 0.1) is 11.8 Å². The van der Waals surface area contributed by atoms with Gasteiger partial charge in [0.25, 0.3) is 0 Å². The highest BCUT2D eigenvalue weighted by Gasteiger charge is 2.43. The largest absolute Gasteiger partial charge is 0.465 e. The Kier molecular flexibility index (Phi) is 5.68. The molecule has 1 saturated heterocycles. The van der Waals surface area contributed by atoms with Crippen LogP contribution in [0.2, 0.25) is 0 Å². The van der Waals surface area contributed by atoms with Crippen LogP contribution >= 0.6 is 0 Å². The molecule has 0 radical (unpaired) electrons. The third-order valence-electron chi connectivity index (χ3n) is 4.62. The van der Waals surface area contributed by atoms with Gasteiger partial charge >= 0.3 is 5.97 Å². The monoisotopic (exact) mass is 268 g/mol. The van der Waals surface area contributed by atoms with Crippen molar-refractivity contribution < 1.29 is 14.3 Å². The minimum atomic E-state index is -0.00612. The third kappa shape index (κ3) is 4.79. The summed E-state index contributed by atoms with van der Waals surface area (Å²) in [6.45, 7) is 5.02. The Labute approximate surface area is 117 Å². The Bertz CT molecular complexity index is 290. The molecule has 0 aromatic heterocycles. The van der Waals surface area contributed by atoms with Gasteiger partial charge in [0.2, 0.25) is 0 Å². The van der Waals surface area contributed by atoms with Gasteiger partial charge in [-0.15, -0.1) is 0 Å². The van der Waals surface area contributed by atoms with Gasteiger partial charge in [0.15, 0.2) is 0 Å². The molecule has 0 bridgehead atoms. The van der Waals surface area contributed by atoms with Crippen molar-refractivity contribution in [2.75, 3.05) is 6.61 Å². The van der Waals surface area contributed by atoms with Gasteiger partial charge in [0.1, 0.15) is 0 Å². The predicted octanol–water partition coefficient (Wildman–Crippen LogP) is 3.70. The molecule has 2 aliphatic rings. The van der Waals surface area contributed by atoms with E-state index in [0.717, 1.165) is 25.7 Å². The summed E-state index contributed by atoms with van der Waals surface area (Å²) in [4.78, 5) is 11.7. The normalized spacial score (nSPS) is 30.5. The first-order valence-corrected chi connectivity index (χ1v) is 8.04. The Morgan fingerprint density at radius 3 is 2.79 bits per heavy atom. The summed E-state index contributed by atoms with van der Waals surface area (Å²) in [5.74, 6) is 1.21. The van der Waals surface area contributed by atoms with E-state index in [9.17, 15) is 4.79 Å². The van der Waals surface area contributed by atoms with Crippen molar-refractivity contribution in [1.29, 1.82) is 0 Å². The second-order valence-corrected chi connectivity index (χ2v) is 6.18. The summed E-state index contributed by atoms with van der Waals surface area (Å²) < 4.78 is 10.9. The smallest absolute Gasteiger partial charge is 0.305 e. The highest BCUT2D eigenvalue weighted by atomic mass is 16.6. The maximum absolute atomic E-state index is 11.7. The van der Waals surface area contributed by atoms with Gasteiger partial charge in [0, 0.05) is 6.42 Å². The van der Waals surface area contributed by atoms with E-state index in [2.05, 4.69) is 13.8 Å². The summed E-state index contributed by atoms with van der Waals surface area (Å²) in [6.07, 6.45) is 9.59. The second-order valence-electron chi connectivity index (χ2n) is 6.18. The molecule has 19 heavy (non-hydrogen) atoms. The molecule has 3 heteroatoms. The van der Waals surface area contributed by atoms with Crippen molar-refractivity contribution in [1.82, 2.24) is 0 Å². The minimum absolute atomic E-state index is 0.00612. The van der Waals surface area contributed by atoms with Crippen molar-refractivity contribution in [3.8, 4) is 0 Å².